The summed E-state index contributed by atoms with van der Waals surface area (Å²) in [6, 6.07) is 0. The molecule has 1 aliphatic rings. The minimum atomic E-state index is 0.0706. The highest BCUT2D eigenvalue weighted by Crippen LogP contribution is 2.23. The highest BCUT2D eigenvalue weighted by atomic mass is 16.2. The summed E-state index contributed by atoms with van der Waals surface area (Å²) in [6.07, 6.45) is 9.44. The third-order valence-electron chi connectivity index (χ3n) is 3.20. The van der Waals surface area contributed by atoms with E-state index < -0.39 is 0 Å². The number of rotatable bonds is 1. The van der Waals surface area contributed by atoms with Gasteiger partial charge >= 0.3 is 0 Å². The third kappa shape index (κ3) is 6.60. The van der Waals surface area contributed by atoms with Crippen molar-refractivity contribution in [2.24, 2.45) is 5.73 Å². The van der Waals surface area contributed by atoms with Crippen LogP contribution in [0, 0.1) is 0 Å². The molecule has 0 spiro atoms. The molecule has 20 heavy (non-hydrogen) atoms. The summed E-state index contributed by atoms with van der Waals surface area (Å²) in [7, 11) is 0. The largest absolute Gasteiger partial charge is 0.402 e. The molecule has 0 aromatic carbocycles. The molecule has 0 saturated carbocycles. The summed E-state index contributed by atoms with van der Waals surface area (Å²) in [5.41, 5.74) is 8.38. The Morgan fingerprint density at radius 3 is 2.35 bits per heavy atom. The van der Waals surface area contributed by atoms with Gasteiger partial charge in [0.25, 0.3) is 0 Å². The zero-order valence-electron chi connectivity index (χ0n) is 13.5. The number of carbonyl (C=O) groups is 1. The summed E-state index contributed by atoms with van der Waals surface area (Å²) in [5.74, 6) is 0.0706. The van der Waals surface area contributed by atoms with E-state index in [1.807, 2.05) is 32.9 Å². The first-order valence-corrected chi connectivity index (χ1v) is 7.62. The van der Waals surface area contributed by atoms with E-state index in [4.69, 9.17) is 5.73 Å². The van der Waals surface area contributed by atoms with Crippen LogP contribution >= 0.6 is 0 Å². The van der Waals surface area contributed by atoms with Crippen LogP contribution < -0.4 is 5.73 Å². The van der Waals surface area contributed by atoms with Gasteiger partial charge in [0.05, 0.1) is 0 Å². The lowest BCUT2D eigenvalue weighted by molar-refractivity contribution is -0.126. The minimum absolute atomic E-state index is 0.0706. The van der Waals surface area contributed by atoms with E-state index in [2.05, 4.69) is 6.58 Å². The van der Waals surface area contributed by atoms with Gasteiger partial charge in [-0.25, -0.2) is 0 Å². The Morgan fingerprint density at radius 1 is 1.20 bits per heavy atom. The molecule has 1 heterocycles. The second-order valence-corrected chi connectivity index (χ2v) is 4.88. The average Bonchev–Trinajstić information content (AvgIpc) is 2.50. The molecule has 0 aromatic heterocycles. The van der Waals surface area contributed by atoms with Gasteiger partial charge in [0.15, 0.2) is 0 Å². The Hall–Kier alpha value is -1.51. The molecule has 1 amide bonds. The molecule has 1 fully saturated rings. The van der Waals surface area contributed by atoms with Gasteiger partial charge < -0.3 is 10.6 Å². The first kappa shape index (κ1) is 18.5. The van der Waals surface area contributed by atoms with E-state index in [1.54, 1.807) is 11.8 Å². The number of allylic oxidation sites excluding steroid dienone is 4. The number of nitrogens with zero attached hydrogens (tertiary/aromatic N) is 1. The van der Waals surface area contributed by atoms with Gasteiger partial charge in [-0.3, -0.25) is 4.79 Å². The van der Waals surface area contributed by atoms with E-state index in [-0.39, 0.29) is 5.91 Å². The average molecular weight is 278 g/mol. The lowest BCUT2D eigenvalue weighted by Crippen LogP contribution is -2.29. The van der Waals surface area contributed by atoms with Gasteiger partial charge in [0, 0.05) is 24.9 Å². The molecule has 114 valence electrons. The standard InChI is InChI=1S/C15H24N2O.C2H6/c1-12(16)9-10-15-8-6-4-5-7-11-17(13(15)2)14(3)18;1-2/h9-10H,2,4-8,11,16H2,1,3H3;1-2H3/b12-9+,15-10-;. The van der Waals surface area contributed by atoms with E-state index in [0.717, 1.165) is 42.8 Å². The van der Waals surface area contributed by atoms with Crippen molar-refractivity contribution in [1.82, 2.24) is 4.90 Å². The quantitative estimate of drug-likeness (QED) is 0.784. The first-order chi connectivity index (χ1) is 9.52. The predicted octanol–water partition coefficient (Wildman–Crippen LogP) is 4.13. The normalized spacial score (nSPS) is 19.6. The molecule has 0 atom stereocenters. The summed E-state index contributed by atoms with van der Waals surface area (Å²) in [5, 5.41) is 0. The van der Waals surface area contributed by atoms with Crippen molar-refractivity contribution in [3.8, 4) is 0 Å². The maximum atomic E-state index is 11.7. The van der Waals surface area contributed by atoms with Crippen molar-refractivity contribution >= 4 is 5.91 Å². The Labute approximate surface area is 124 Å². The molecule has 1 aliphatic heterocycles. The number of hydrogen-bond donors (Lipinski definition) is 1. The van der Waals surface area contributed by atoms with Crippen LogP contribution in [0.15, 0.2) is 35.7 Å². The van der Waals surface area contributed by atoms with Gasteiger partial charge in [-0.1, -0.05) is 39.3 Å². The van der Waals surface area contributed by atoms with E-state index >= 15 is 0 Å². The fourth-order valence-electron chi connectivity index (χ4n) is 2.15. The van der Waals surface area contributed by atoms with Gasteiger partial charge in [-0.2, -0.15) is 0 Å². The number of hydrogen-bond acceptors (Lipinski definition) is 2. The molecule has 0 aliphatic carbocycles. The van der Waals surface area contributed by atoms with Crippen LogP contribution in [-0.2, 0) is 4.79 Å². The maximum Gasteiger partial charge on any atom is 0.223 e. The molecule has 1 saturated heterocycles. The Morgan fingerprint density at radius 2 is 1.80 bits per heavy atom. The Bertz CT molecular complexity index is 376. The molecule has 0 bridgehead atoms. The van der Waals surface area contributed by atoms with Crippen LogP contribution in [0.3, 0.4) is 0 Å². The first-order valence-electron chi connectivity index (χ1n) is 7.62. The minimum Gasteiger partial charge on any atom is -0.402 e. The van der Waals surface area contributed by atoms with Crippen LogP contribution in [0.2, 0.25) is 0 Å². The molecular weight excluding hydrogens is 248 g/mol. The fourth-order valence-corrected chi connectivity index (χ4v) is 2.15. The molecular formula is C17H30N2O. The van der Waals surface area contributed by atoms with Crippen molar-refractivity contribution in [1.29, 1.82) is 0 Å². The number of nitrogens with two attached hydrogens (primary N) is 1. The summed E-state index contributed by atoms with van der Waals surface area (Å²) in [4.78, 5) is 13.5. The van der Waals surface area contributed by atoms with Crippen molar-refractivity contribution in [3.05, 3.63) is 35.7 Å². The zero-order valence-corrected chi connectivity index (χ0v) is 13.5. The molecule has 3 heteroatoms. The summed E-state index contributed by atoms with van der Waals surface area (Å²) < 4.78 is 0. The zero-order chi connectivity index (χ0) is 15.5. The highest BCUT2D eigenvalue weighted by molar-refractivity contribution is 5.76. The lowest BCUT2D eigenvalue weighted by atomic mass is 10.0. The van der Waals surface area contributed by atoms with Crippen molar-refractivity contribution < 1.29 is 4.79 Å². The van der Waals surface area contributed by atoms with Crippen molar-refractivity contribution in [3.63, 3.8) is 0 Å². The molecule has 0 aromatic rings. The topological polar surface area (TPSA) is 46.3 Å². The Balaban J connectivity index is 0.00000172. The third-order valence-corrected chi connectivity index (χ3v) is 3.20. The fraction of sp³-hybridized carbons (Fsp3) is 0.588. The number of carbonyl (C=O) groups excluding carboxylic acids is 1. The van der Waals surface area contributed by atoms with Crippen molar-refractivity contribution in [2.75, 3.05) is 6.54 Å². The number of amides is 1. The van der Waals surface area contributed by atoms with Gasteiger partial charge in [-0.15, -0.1) is 0 Å². The van der Waals surface area contributed by atoms with Crippen LogP contribution in [0.25, 0.3) is 0 Å². The Kier molecular flexibility index (Phi) is 9.52. The van der Waals surface area contributed by atoms with Gasteiger partial charge in [0.1, 0.15) is 0 Å². The smallest absolute Gasteiger partial charge is 0.223 e. The van der Waals surface area contributed by atoms with Gasteiger partial charge in [-0.05, 0) is 37.8 Å². The van der Waals surface area contributed by atoms with Crippen LogP contribution in [0.5, 0.6) is 0 Å². The monoisotopic (exact) mass is 278 g/mol. The molecule has 0 unspecified atom stereocenters. The van der Waals surface area contributed by atoms with Crippen LogP contribution in [0.4, 0.5) is 0 Å². The van der Waals surface area contributed by atoms with Crippen LogP contribution in [0.1, 0.15) is 59.8 Å². The summed E-state index contributed by atoms with van der Waals surface area (Å²) in [6.45, 7) is 12.3. The molecule has 1 rings (SSSR count). The predicted molar refractivity (Wildman–Crippen MR) is 87.0 cm³/mol. The van der Waals surface area contributed by atoms with E-state index in [1.165, 1.54) is 12.8 Å². The van der Waals surface area contributed by atoms with E-state index in [0.29, 0.717) is 0 Å². The van der Waals surface area contributed by atoms with Gasteiger partial charge in [0.2, 0.25) is 5.91 Å². The summed E-state index contributed by atoms with van der Waals surface area (Å²) >= 11 is 0. The highest BCUT2D eigenvalue weighted by Gasteiger charge is 2.16. The second-order valence-electron chi connectivity index (χ2n) is 4.88. The second kappa shape index (κ2) is 10.3. The maximum absolute atomic E-state index is 11.7. The van der Waals surface area contributed by atoms with Crippen molar-refractivity contribution in [2.45, 2.75) is 59.8 Å². The van der Waals surface area contributed by atoms with E-state index in [9.17, 15) is 4.79 Å². The SMILES string of the molecule is C=C1/C(=C\C=C(/C)N)CCCCCCN1C(C)=O.CC. The molecule has 2 N–H and O–H groups in total. The van der Waals surface area contributed by atoms with Crippen LogP contribution in [-0.4, -0.2) is 17.4 Å². The lowest BCUT2D eigenvalue weighted by Gasteiger charge is -2.24. The molecule has 3 nitrogen and oxygen atoms in total. The molecule has 0 radical (unpaired) electrons.